The van der Waals surface area contributed by atoms with E-state index >= 15 is 0 Å². The van der Waals surface area contributed by atoms with Gasteiger partial charge in [-0.25, -0.2) is 4.39 Å². The van der Waals surface area contributed by atoms with E-state index in [0.717, 1.165) is 16.6 Å². The van der Waals surface area contributed by atoms with Crippen molar-refractivity contribution in [2.75, 3.05) is 19.7 Å². The van der Waals surface area contributed by atoms with E-state index in [-0.39, 0.29) is 18.3 Å². The van der Waals surface area contributed by atoms with Crippen LogP contribution >= 0.6 is 15.9 Å². The van der Waals surface area contributed by atoms with Gasteiger partial charge in [0.1, 0.15) is 5.82 Å². The fourth-order valence-corrected chi connectivity index (χ4v) is 2.61. The fourth-order valence-electron chi connectivity index (χ4n) is 2.13. The Labute approximate surface area is 119 Å². The molecule has 1 aromatic rings. The van der Waals surface area contributed by atoms with Crippen molar-refractivity contribution in [3.8, 4) is 0 Å². The van der Waals surface area contributed by atoms with E-state index < -0.39 is 5.97 Å². The Kier molecular flexibility index (Phi) is 4.90. The Morgan fingerprint density at radius 3 is 3.05 bits per heavy atom. The average Bonchev–Trinajstić information content (AvgIpc) is 2.32. The molecule has 1 heterocycles. The summed E-state index contributed by atoms with van der Waals surface area (Å²) in [7, 11) is 0. The van der Waals surface area contributed by atoms with Crippen LogP contribution in [0.5, 0.6) is 0 Å². The van der Waals surface area contributed by atoms with Crippen molar-refractivity contribution in [1.29, 1.82) is 0 Å². The number of aliphatic carboxylic acids is 1. The normalized spacial score (nSPS) is 20.4. The van der Waals surface area contributed by atoms with Crippen molar-refractivity contribution in [2.24, 2.45) is 0 Å². The number of halogens is 2. The molecule has 1 unspecified atom stereocenters. The summed E-state index contributed by atoms with van der Waals surface area (Å²) in [5.41, 5.74) is 0.984. The van der Waals surface area contributed by atoms with Gasteiger partial charge in [0.05, 0.1) is 19.1 Å². The molecule has 1 aliphatic rings. The number of nitrogens with zero attached hydrogens (tertiary/aromatic N) is 1. The zero-order valence-corrected chi connectivity index (χ0v) is 11.9. The third-order valence-corrected chi connectivity index (χ3v) is 3.77. The molecule has 0 radical (unpaired) electrons. The molecule has 2 rings (SSSR count). The Bertz CT molecular complexity index is 469. The summed E-state index contributed by atoms with van der Waals surface area (Å²) in [4.78, 5) is 12.8. The van der Waals surface area contributed by atoms with Gasteiger partial charge < -0.3 is 9.84 Å². The molecule has 4 nitrogen and oxygen atoms in total. The van der Waals surface area contributed by atoms with Crippen LogP contribution in [0.2, 0.25) is 0 Å². The maximum atomic E-state index is 13.0. The highest BCUT2D eigenvalue weighted by molar-refractivity contribution is 9.10. The predicted molar refractivity (Wildman–Crippen MR) is 71.4 cm³/mol. The van der Waals surface area contributed by atoms with Gasteiger partial charge in [0, 0.05) is 24.1 Å². The van der Waals surface area contributed by atoms with E-state index in [1.165, 1.54) is 12.1 Å². The van der Waals surface area contributed by atoms with Gasteiger partial charge in [-0.05, 0) is 17.7 Å². The number of hydrogen-bond acceptors (Lipinski definition) is 3. The minimum absolute atomic E-state index is 0.0150. The van der Waals surface area contributed by atoms with Crippen LogP contribution < -0.4 is 0 Å². The van der Waals surface area contributed by atoms with E-state index in [2.05, 4.69) is 20.8 Å². The van der Waals surface area contributed by atoms with Gasteiger partial charge >= 0.3 is 5.97 Å². The number of ether oxygens (including phenoxy) is 1. The van der Waals surface area contributed by atoms with Crippen molar-refractivity contribution >= 4 is 21.9 Å². The average molecular weight is 332 g/mol. The summed E-state index contributed by atoms with van der Waals surface area (Å²) >= 11 is 3.34. The highest BCUT2D eigenvalue weighted by Crippen LogP contribution is 2.21. The lowest BCUT2D eigenvalue weighted by Crippen LogP contribution is -2.42. The van der Waals surface area contributed by atoms with Crippen LogP contribution in [-0.4, -0.2) is 41.8 Å². The number of carboxylic acids is 1. The Morgan fingerprint density at radius 2 is 2.37 bits per heavy atom. The molecule has 0 saturated carbocycles. The molecule has 104 valence electrons. The zero-order valence-electron chi connectivity index (χ0n) is 10.3. The van der Waals surface area contributed by atoms with Gasteiger partial charge in [0.2, 0.25) is 0 Å². The monoisotopic (exact) mass is 331 g/mol. The second-order valence-electron chi connectivity index (χ2n) is 4.56. The Balaban J connectivity index is 1.96. The second kappa shape index (κ2) is 6.45. The van der Waals surface area contributed by atoms with Crippen molar-refractivity contribution in [1.82, 2.24) is 4.90 Å². The smallest absolute Gasteiger partial charge is 0.306 e. The number of benzene rings is 1. The van der Waals surface area contributed by atoms with Crippen LogP contribution in [0, 0.1) is 5.82 Å². The highest BCUT2D eigenvalue weighted by Gasteiger charge is 2.23. The third-order valence-electron chi connectivity index (χ3n) is 3.03. The van der Waals surface area contributed by atoms with Gasteiger partial charge in [-0.2, -0.15) is 0 Å². The van der Waals surface area contributed by atoms with Crippen LogP contribution in [0.3, 0.4) is 0 Å². The third kappa shape index (κ3) is 4.26. The molecule has 1 N–H and O–H groups in total. The molecule has 0 aromatic heterocycles. The molecule has 1 fully saturated rings. The SMILES string of the molecule is O=C(O)CC1CN(Cc2ccc(F)cc2Br)CCO1. The van der Waals surface area contributed by atoms with Gasteiger partial charge in [-0.3, -0.25) is 9.69 Å². The lowest BCUT2D eigenvalue weighted by molar-refractivity contribution is -0.142. The number of carboxylic acid groups (broad SMARTS) is 1. The standard InChI is InChI=1S/C13H15BrFNO3/c14-12-5-10(15)2-1-9(12)7-16-3-4-19-11(8-16)6-13(17)18/h1-2,5,11H,3-4,6-8H2,(H,17,18). The van der Waals surface area contributed by atoms with Gasteiger partial charge in [-0.1, -0.05) is 22.0 Å². The summed E-state index contributed by atoms with van der Waals surface area (Å²) in [6.45, 7) is 2.51. The summed E-state index contributed by atoms with van der Waals surface area (Å²) in [5, 5.41) is 8.77. The zero-order chi connectivity index (χ0) is 13.8. The molecule has 0 amide bonds. The quantitative estimate of drug-likeness (QED) is 0.919. The van der Waals surface area contributed by atoms with Crippen molar-refractivity contribution in [3.63, 3.8) is 0 Å². The largest absolute Gasteiger partial charge is 0.481 e. The topological polar surface area (TPSA) is 49.8 Å². The molecule has 0 aliphatic carbocycles. The van der Waals surface area contributed by atoms with Gasteiger partial charge in [-0.15, -0.1) is 0 Å². The number of morpholine rings is 1. The van der Waals surface area contributed by atoms with E-state index in [0.29, 0.717) is 19.7 Å². The summed E-state index contributed by atoms with van der Waals surface area (Å²) in [6, 6.07) is 4.60. The molecule has 1 atom stereocenters. The summed E-state index contributed by atoms with van der Waals surface area (Å²) < 4.78 is 19.1. The van der Waals surface area contributed by atoms with Crippen LogP contribution in [-0.2, 0) is 16.1 Å². The van der Waals surface area contributed by atoms with Crippen LogP contribution in [0.1, 0.15) is 12.0 Å². The number of hydrogen-bond donors (Lipinski definition) is 1. The molecule has 1 aliphatic heterocycles. The first kappa shape index (κ1) is 14.4. The van der Waals surface area contributed by atoms with E-state index in [1.807, 2.05) is 0 Å². The Morgan fingerprint density at radius 1 is 1.58 bits per heavy atom. The number of carbonyl (C=O) groups is 1. The molecule has 6 heteroatoms. The molecular formula is C13H15BrFNO3. The van der Waals surface area contributed by atoms with E-state index in [1.54, 1.807) is 6.07 Å². The Hall–Kier alpha value is -0.980. The second-order valence-corrected chi connectivity index (χ2v) is 5.42. The molecule has 19 heavy (non-hydrogen) atoms. The molecule has 0 bridgehead atoms. The van der Waals surface area contributed by atoms with Crippen molar-refractivity contribution < 1.29 is 19.0 Å². The lowest BCUT2D eigenvalue weighted by Gasteiger charge is -2.32. The minimum atomic E-state index is -0.852. The fraction of sp³-hybridized carbons (Fsp3) is 0.462. The van der Waals surface area contributed by atoms with Crippen molar-refractivity contribution in [2.45, 2.75) is 19.1 Å². The van der Waals surface area contributed by atoms with Crippen molar-refractivity contribution in [3.05, 3.63) is 34.1 Å². The first-order valence-electron chi connectivity index (χ1n) is 6.04. The predicted octanol–water partition coefficient (Wildman–Crippen LogP) is 2.26. The summed E-state index contributed by atoms with van der Waals surface area (Å²) in [5.74, 6) is -1.13. The maximum absolute atomic E-state index is 13.0. The van der Waals surface area contributed by atoms with Gasteiger partial charge in [0.25, 0.3) is 0 Å². The van der Waals surface area contributed by atoms with Crippen LogP contribution in [0.4, 0.5) is 4.39 Å². The molecule has 1 saturated heterocycles. The molecule has 0 spiro atoms. The molecule has 1 aromatic carbocycles. The minimum Gasteiger partial charge on any atom is -0.481 e. The van der Waals surface area contributed by atoms with Crippen LogP contribution in [0.15, 0.2) is 22.7 Å². The van der Waals surface area contributed by atoms with E-state index in [4.69, 9.17) is 9.84 Å². The summed E-state index contributed by atoms with van der Waals surface area (Å²) in [6.07, 6.45) is -0.258. The van der Waals surface area contributed by atoms with Crippen LogP contribution in [0.25, 0.3) is 0 Å². The van der Waals surface area contributed by atoms with Gasteiger partial charge in [0.15, 0.2) is 0 Å². The lowest BCUT2D eigenvalue weighted by atomic mass is 10.1. The first-order chi connectivity index (χ1) is 9.04. The molecular weight excluding hydrogens is 317 g/mol. The highest BCUT2D eigenvalue weighted by atomic mass is 79.9. The first-order valence-corrected chi connectivity index (χ1v) is 6.83. The maximum Gasteiger partial charge on any atom is 0.306 e. The van der Waals surface area contributed by atoms with E-state index in [9.17, 15) is 9.18 Å². The number of rotatable bonds is 4.